The predicted molar refractivity (Wildman–Crippen MR) is 110 cm³/mol. The van der Waals surface area contributed by atoms with Crippen LogP contribution in [0.3, 0.4) is 0 Å². The van der Waals surface area contributed by atoms with Gasteiger partial charge >= 0.3 is 5.97 Å². The topological polar surface area (TPSA) is 26.3 Å². The molecule has 142 valence electrons. The van der Waals surface area contributed by atoms with E-state index in [0.717, 1.165) is 12.8 Å². The average molecular weight is 355 g/mol. The molecule has 0 aromatic rings. The molecule has 0 aliphatic heterocycles. The monoisotopic (exact) mass is 354 g/mol. The van der Waals surface area contributed by atoms with Crippen molar-refractivity contribution < 1.29 is 9.53 Å². The van der Waals surface area contributed by atoms with Gasteiger partial charge in [-0.3, -0.25) is 0 Å². The van der Waals surface area contributed by atoms with E-state index >= 15 is 0 Å². The van der Waals surface area contributed by atoms with Gasteiger partial charge in [0.25, 0.3) is 0 Å². The normalized spacial score (nSPS) is 21.3. The molecule has 0 saturated heterocycles. The quantitative estimate of drug-likeness (QED) is 0.304. The van der Waals surface area contributed by atoms with E-state index in [4.69, 9.17) is 4.74 Å². The number of carbonyl (C=O) groups is 1. The van der Waals surface area contributed by atoms with Crippen molar-refractivity contribution in [2.75, 3.05) is 6.61 Å². The Kier molecular flexibility index (Phi) is 7.25. The molecular formula is C24H34O2. The van der Waals surface area contributed by atoms with Crippen molar-refractivity contribution in [3.63, 3.8) is 0 Å². The van der Waals surface area contributed by atoms with Crippen molar-refractivity contribution in [3.05, 3.63) is 58.2 Å². The van der Waals surface area contributed by atoms with Crippen molar-refractivity contribution in [2.24, 2.45) is 5.41 Å². The minimum absolute atomic E-state index is 0.236. The van der Waals surface area contributed by atoms with Crippen LogP contribution in [0.25, 0.3) is 0 Å². The van der Waals surface area contributed by atoms with Gasteiger partial charge in [0.05, 0.1) is 6.61 Å². The third-order valence-electron chi connectivity index (χ3n) is 5.54. The highest BCUT2D eigenvalue weighted by molar-refractivity contribution is 5.88. The second kappa shape index (κ2) is 9.21. The largest absolute Gasteiger partial charge is 0.463 e. The first-order chi connectivity index (χ1) is 12.3. The Hall–Kier alpha value is -1.83. The first-order valence-corrected chi connectivity index (χ1v) is 9.97. The van der Waals surface area contributed by atoms with Gasteiger partial charge in [0, 0.05) is 5.57 Å². The zero-order valence-electron chi connectivity index (χ0n) is 17.2. The lowest BCUT2D eigenvalue weighted by atomic mass is 9.72. The number of hydrogen-bond donors (Lipinski definition) is 0. The lowest BCUT2D eigenvalue weighted by Gasteiger charge is -2.33. The SMILES string of the molecule is CCOC(=O)C(C)=CC=CC1=C(/C=C/C2=C(C)CCCC2(C)C)CCC1. The summed E-state index contributed by atoms with van der Waals surface area (Å²) >= 11 is 0. The van der Waals surface area contributed by atoms with Crippen molar-refractivity contribution in [2.45, 2.75) is 73.1 Å². The van der Waals surface area contributed by atoms with Crippen LogP contribution in [0.5, 0.6) is 0 Å². The predicted octanol–water partition coefficient (Wildman–Crippen LogP) is 6.62. The Bertz CT molecular complexity index is 681. The zero-order valence-corrected chi connectivity index (χ0v) is 17.2. The van der Waals surface area contributed by atoms with Gasteiger partial charge in [-0.25, -0.2) is 4.79 Å². The Morgan fingerprint density at radius 3 is 2.42 bits per heavy atom. The summed E-state index contributed by atoms with van der Waals surface area (Å²) < 4.78 is 5.01. The molecule has 0 atom stereocenters. The standard InChI is InChI=1S/C24H34O2/c1-6-26-23(25)19(3)10-7-12-20-13-8-14-21(20)15-16-22-18(2)11-9-17-24(22,4)5/h7,10,12,15-16H,6,8-9,11,13-14,17H2,1-5H3/b12-7?,16-15+,19-10?. The smallest absolute Gasteiger partial charge is 0.333 e. The third kappa shape index (κ3) is 5.33. The molecular weight excluding hydrogens is 320 g/mol. The molecule has 0 fully saturated rings. The maximum atomic E-state index is 11.7. The summed E-state index contributed by atoms with van der Waals surface area (Å²) in [4.78, 5) is 11.7. The van der Waals surface area contributed by atoms with Crippen LogP contribution in [0.4, 0.5) is 0 Å². The van der Waals surface area contributed by atoms with Gasteiger partial charge in [-0.05, 0) is 81.4 Å². The van der Waals surface area contributed by atoms with E-state index in [1.54, 1.807) is 12.5 Å². The van der Waals surface area contributed by atoms with Gasteiger partial charge in [0.1, 0.15) is 0 Å². The van der Waals surface area contributed by atoms with Crippen LogP contribution >= 0.6 is 0 Å². The first kappa shape index (κ1) is 20.5. The molecule has 0 heterocycles. The molecule has 2 aliphatic carbocycles. The Labute approximate surface area is 159 Å². The number of hydrogen-bond acceptors (Lipinski definition) is 2. The average Bonchev–Trinajstić information content (AvgIpc) is 3.01. The maximum absolute atomic E-state index is 11.7. The summed E-state index contributed by atoms with van der Waals surface area (Å²) in [6.07, 6.45) is 18.0. The van der Waals surface area contributed by atoms with Crippen LogP contribution in [0.2, 0.25) is 0 Å². The van der Waals surface area contributed by atoms with E-state index in [2.05, 4.69) is 39.0 Å². The minimum atomic E-state index is -0.236. The number of rotatable bonds is 6. The summed E-state index contributed by atoms with van der Waals surface area (Å²) in [6, 6.07) is 0. The molecule has 0 aromatic carbocycles. The highest BCUT2D eigenvalue weighted by atomic mass is 16.5. The molecule has 0 radical (unpaired) electrons. The molecule has 0 aromatic heterocycles. The molecule has 2 heteroatoms. The summed E-state index contributed by atoms with van der Waals surface area (Å²) in [5.74, 6) is -0.236. The van der Waals surface area contributed by atoms with Crippen molar-refractivity contribution in [1.82, 2.24) is 0 Å². The van der Waals surface area contributed by atoms with Crippen molar-refractivity contribution in [3.8, 4) is 0 Å². The zero-order chi connectivity index (χ0) is 19.2. The summed E-state index contributed by atoms with van der Waals surface area (Å²) in [6.45, 7) is 11.1. The van der Waals surface area contributed by atoms with E-state index in [1.807, 2.05) is 19.1 Å². The minimum Gasteiger partial charge on any atom is -0.463 e. The van der Waals surface area contributed by atoms with Gasteiger partial charge < -0.3 is 4.74 Å². The van der Waals surface area contributed by atoms with Gasteiger partial charge in [-0.1, -0.05) is 49.8 Å². The second-order valence-electron chi connectivity index (χ2n) is 8.10. The van der Waals surface area contributed by atoms with Crippen LogP contribution in [-0.2, 0) is 9.53 Å². The molecule has 2 rings (SSSR count). The summed E-state index contributed by atoms with van der Waals surface area (Å²) in [7, 11) is 0. The van der Waals surface area contributed by atoms with Gasteiger partial charge in [-0.15, -0.1) is 0 Å². The fourth-order valence-corrected chi connectivity index (χ4v) is 3.99. The van der Waals surface area contributed by atoms with Crippen LogP contribution in [0.1, 0.15) is 73.1 Å². The number of allylic oxidation sites excluding steroid dienone is 9. The van der Waals surface area contributed by atoms with Crippen molar-refractivity contribution in [1.29, 1.82) is 0 Å². The molecule has 0 saturated carbocycles. The van der Waals surface area contributed by atoms with E-state index in [0.29, 0.717) is 12.2 Å². The molecule has 0 spiro atoms. The number of esters is 1. The summed E-state index contributed by atoms with van der Waals surface area (Å²) in [5.41, 5.74) is 6.81. The molecule has 2 aliphatic rings. The van der Waals surface area contributed by atoms with Crippen LogP contribution < -0.4 is 0 Å². The van der Waals surface area contributed by atoms with E-state index in [1.165, 1.54) is 42.4 Å². The van der Waals surface area contributed by atoms with Crippen LogP contribution in [0.15, 0.2) is 58.2 Å². The lowest BCUT2D eigenvalue weighted by molar-refractivity contribution is -0.138. The first-order valence-electron chi connectivity index (χ1n) is 9.97. The molecule has 0 unspecified atom stereocenters. The van der Waals surface area contributed by atoms with E-state index in [9.17, 15) is 4.79 Å². The Morgan fingerprint density at radius 1 is 1.08 bits per heavy atom. The lowest BCUT2D eigenvalue weighted by Crippen LogP contribution is -2.19. The fourth-order valence-electron chi connectivity index (χ4n) is 3.99. The number of carbonyl (C=O) groups excluding carboxylic acids is 1. The molecule has 2 nitrogen and oxygen atoms in total. The van der Waals surface area contributed by atoms with Crippen molar-refractivity contribution >= 4 is 5.97 Å². The van der Waals surface area contributed by atoms with Crippen LogP contribution in [0, 0.1) is 5.41 Å². The third-order valence-corrected chi connectivity index (χ3v) is 5.54. The highest BCUT2D eigenvalue weighted by Crippen LogP contribution is 2.41. The maximum Gasteiger partial charge on any atom is 0.333 e. The van der Waals surface area contributed by atoms with E-state index in [-0.39, 0.29) is 11.4 Å². The Morgan fingerprint density at radius 2 is 1.77 bits per heavy atom. The highest BCUT2D eigenvalue weighted by Gasteiger charge is 2.26. The van der Waals surface area contributed by atoms with Crippen LogP contribution in [-0.4, -0.2) is 12.6 Å². The number of ether oxygens (including phenoxy) is 1. The van der Waals surface area contributed by atoms with Gasteiger partial charge in [0.15, 0.2) is 0 Å². The Balaban J connectivity index is 2.14. The van der Waals surface area contributed by atoms with E-state index < -0.39 is 0 Å². The summed E-state index contributed by atoms with van der Waals surface area (Å²) in [5, 5.41) is 0. The van der Waals surface area contributed by atoms with Gasteiger partial charge in [0.2, 0.25) is 0 Å². The fraction of sp³-hybridized carbons (Fsp3) is 0.542. The molecule has 26 heavy (non-hydrogen) atoms. The molecule has 0 bridgehead atoms. The van der Waals surface area contributed by atoms with Gasteiger partial charge in [-0.2, -0.15) is 0 Å². The molecule has 0 amide bonds. The molecule has 0 N–H and O–H groups in total. The second-order valence-corrected chi connectivity index (χ2v) is 8.10.